The van der Waals surface area contributed by atoms with Gasteiger partial charge >= 0.3 is 136 Å². The van der Waals surface area contributed by atoms with Gasteiger partial charge in [-0.15, -0.1) is 0 Å². The van der Waals surface area contributed by atoms with Crippen molar-refractivity contribution < 1.29 is 19.8 Å². The third kappa shape index (κ3) is 4.03. The zero-order valence-electron chi connectivity index (χ0n) is 12.0. The molecule has 2 N–H and O–H groups in total. The molecule has 0 atom stereocenters. The molecule has 2 aromatic rings. The summed E-state index contributed by atoms with van der Waals surface area (Å²) in [7, 11) is 0. The number of carboxylic acids is 2. The van der Waals surface area contributed by atoms with E-state index < -0.39 is 25.2 Å². The van der Waals surface area contributed by atoms with E-state index >= 15 is 0 Å². The Hall–Kier alpha value is -2.96. The minimum absolute atomic E-state index is 0.793. The summed E-state index contributed by atoms with van der Waals surface area (Å²) >= 11 is -3.80. The average molecular weight is 365 g/mol. The van der Waals surface area contributed by atoms with Crippen LogP contribution in [0.25, 0.3) is 0 Å². The number of hydrogen-bond acceptors (Lipinski definition) is 2. The van der Waals surface area contributed by atoms with Crippen molar-refractivity contribution in [2.45, 2.75) is 0 Å². The van der Waals surface area contributed by atoms with Crippen molar-refractivity contribution in [1.82, 2.24) is 0 Å². The molecular formula is C18H12GeO4. The molecule has 0 saturated heterocycles. The van der Waals surface area contributed by atoms with Crippen LogP contribution in [0.3, 0.4) is 0 Å². The number of rotatable bonds is 2. The first-order chi connectivity index (χ1) is 11.0. The second-order valence-electron chi connectivity index (χ2n) is 4.59. The molecule has 0 aromatic heterocycles. The summed E-state index contributed by atoms with van der Waals surface area (Å²) in [5.41, 5.74) is 0. The third-order valence-corrected chi connectivity index (χ3v) is 10.3. The molecule has 0 aliphatic heterocycles. The van der Waals surface area contributed by atoms with Gasteiger partial charge in [0.2, 0.25) is 0 Å². The van der Waals surface area contributed by atoms with Gasteiger partial charge in [-0.2, -0.15) is 0 Å². The van der Waals surface area contributed by atoms with Crippen LogP contribution in [0.2, 0.25) is 0 Å². The van der Waals surface area contributed by atoms with Crippen LogP contribution in [0.4, 0.5) is 0 Å². The van der Waals surface area contributed by atoms with Gasteiger partial charge in [0, 0.05) is 0 Å². The van der Waals surface area contributed by atoms with Gasteiger partial charge < -0.3 is 0 Å². The molecule has 0 spiro atoms. The second kappa shape index (κ2) is 7.35. The zero-order valence-corrected chi connectivity index (χ0v) is 14.1. The topological polar surface area (TPSA) is 74.6 Å². The van der Waals surface area contributed by atoms with E-state index in [0.29, 0.717) is 0 Å². The molecule has 0 amide bonds. The number of aliphatic carboxylic acids is 2. The molecule has 0 heterocycles. The van der Waals surface area contributed by atoms with Crippen LogP contribution in [0.1, 0.15) is 0 Å². The molecule has 0 aliphatic rings. The maximum absolute atomic E-state index is 10.9. The van der Waals surface area contributed by atoms with Gasteiger partial charge in [0.25, 0.3) is 0 Å². The number of carboxylic acid groups (broad SMARTS) is 2. The van der Waals surface area contributed by atoms with Crippen LogP contribution in [-0.2, 0) is 9.59 Å². The first-order valence-electron chi connectivity index (χ1n) is 6.68. The molecule has 2 rings (SSSR count). The van der Waals surface area contributed by atoms with Crippen molar-refractivity contribution in [2.24, 2.45) is 0 Å². The molecule has 2 aromatic carbocycles. The quantitative estimate of drug-likeness (QED) is 0.601. The summed E-state index contributed by atoms with van der Waals surface area (Å²) in [5, 5.41) is 17.9. The molecule has 112 valence electrons. The number of carbonyl (C=O) groups is 2. The van der Waals surface area contributed by atoms with E-state index in [1.807, 2.05) is 60.7 Å². The number of hydrogen-bond donors (Lipinski definition) is 2. The molecule has 23 heavy (non-hydrogen) atoms. The predicted molar refractivity (Wildman–Crippen MR) is 88.7 cm³/mol. The second-order valence-corrected chi connectivity index (χ2v) is 11.2. The van der Waals surface area contributed by atoms with Crippen LogP contribution in [0.5, 0.6) is 0 Å². The monoisotopic (exact) mass is 366 g/mol. The Labute approximate surface area is 136 Å². The Bertz CT molecular complexity index is 763. The Balaban J connectivity index is 2.80. The molecule has 4 nitrogen and oxygen atoms in total. The van der Waals surface area contributed by atoms with Crippen molar-refractivity contribution >= 4 is 34.0 Å². The SMILES string of the molecule is O=C(O)C#[C][Ge]([C]#CC(=O)O)([c]1ccccc1)[c]1ccccc1. The zero-order chi connectivity index (χ0) is 16.7. The first kappa shape index (κ1) is 16.4. The predicted octanol–water partition coefficient (Wildman–Crippen LogP) is 0.504. The number of benzene rings is 2. The summed E-state index contributed by atoms with van der Waals surface area (Å²) in [4.78, 5) is 21.9. The fraction of sp³-hybridized carbons (Fsp3) is 0. The fourth-order valence-electron chi connectivity index (χ4n) is 2.16. The van der Waals surface area contributed by atoms with E-state index in [0.717, 1.165) is 8.79 Å². The Kier molecular flexibility index (Phi) is 5.25. The third-order valence-electron chi connectivity index (χ3n) is 3.13. The maximum atomic E-state index is 10.9. The van der Waals surface area contributed by atoms with E-state index in [4.69, 9.17) is 10.2 Å². The van der Waals surface area contributed by atoms with Crippen molar-refractivity contribution in [3.05, 3.63) is 60.7 Å². The molecule has 0 saturated carbocycles. The molecule has 5 heteroatoms. The first-order valence-corrected chi connectivity index (χ1v) is 10.9. The van der Waals surface area contributed by atoms with Gasteiger partial charge in [-0.05, 0) is 0 Å². The van der Waals surface area contributed by atoms with Gasteiger partial charge in [-0.25, -0.2) is 0 Å². The molecule has 0 unspecified atom stereocenters. The van der Waals surface area contributed by atoms with Crippen LogP contribution >= 0.6 is 0 Å². The van der Waals surface area contributed by atoms with Gasteiger partial charge in [-0.3, -0.25) is 0 Å². The average Bonchev–Trinajstić information content (AvgIpc) is 2.56. The van der Waals surface area contributed by atoms with Gasteiger partial charge in [0.05, 0.1) is 0 Å². The molecule has 0 bridgehead atoms. The van der Waals surface area contributed by atoms with E-state index in [2.05, 4.69) is 21.3 Å². The van der Waals surface area contributed by atoms with Crippen molar-refractivity contribution in [2.75, 3.05) is 0 Å². The fourth-order valence-corrected chi connectivity index (χ4v) is 8.34. The molecule has 0 fully saturated rings. The van der Waals surface area contributed by atoms with Gasteiger partial charge in [0.1, 0.15) is 0 Å². The van der Waals surface area contributed by atoms with Crippen LogP contribution in [0.15, 0.2) is 60.7 Å². The van der Waals surface area contributed by atoms with E-state index in [1.54, 1.807) is 0 Å². The molecule has 0 aliphatic carbocycles. The summed E-state index contributed by atoms with van der Waals surface area (Å²) in [6.07, 6.45) is 0. The normalized spacial score (nSPS) is 9.74. The van der Waals surface area contributed by atoms with Crippen LogP contribution in [0, 0.1) is 21.3 Å². The van der Waals surface area contributed by atoms with Crippen molar-refractivity contribution in [1.29, 1.82) is 0 Å². The van der Waals surface area contributed by atoms with Gasteiger partial charge in [0.15, 0.2) is 0 Å². The molecule has 0 radical (unpaired) electrons. The van der Waals surface area contributed by atoms with E-state index in [1.165, 1.54) is 0 Å². The standard InChI is InChI=1S/C18H12GeO4/c20-17(21)11-13-19(14-12-18(22)23,15-7-3-1-4-8-15)16-9-5-2-6-10-16/h1-10H,(H,20,21)(H,22,23). The Morgan fingerprint density at radius 2 is 1.04 bits per heavy atom. The Morgan fingerprint density at radius 3 is 1.35 bits per heavy atom. The van der Waals surface area contributed by atoms with Crippen LogP contribution < -0.4 is 8.79 Å². The Morgan fingerprint density at radius 1 is 0.696 bits per heavy atom. The summed E-state index contributed by atoms with van der Waals surface area (Å²) in [6.45, 7) is 0. The van der Waals surface area contributed by atoms with Crippen LogP contribution in [-0.4, -0.2) is 35.4 Å². The molecular weight excluding hydrogens is 353 g/mol. The summed E-state index contributed by atoms with van der Waals surface area (Å²) < 4.78 is 7.23. The summed E-state index contributed by atoms with van der Waals surface area (Å²) in [5.74, 6) is 1.80. The minimum atomic E-state index is -3.80. The van der Waals surface area contributed by atoms with Gasteiger partial charge in [-0.1, -0.05) is 0 Å². The van der Waals surface area contributed by atoms with E-state index in [9.17, 15) is 9.59 Å². The summed E-state index contributed by atoms with van der Waals surface area (Å²) in [6, 6.07) is 18.2. The van der Waals surface area contributed by atoms with Crippen molar-refractivity contribution in [3.8, 4) is 21.3 Å². The van der Waals surface area contributed by atoms with E-state index in [-0.39, 0.29) is 0 Å². The van der Waals surface area contributed by atoms with Crippen molar-refractivity contribution in [3.63, 3.8) is 0 Å².